The Morgan fingerprint density at radius 1 is 1.11 bits per heavy atom. The minimum Gasteiger partial charge on any atom is -0.493 e. The quantitative estimate of drug-likeness (QED) is 0.455. The third-order valence-corrected chi connectivity index (χ3v) is 7.75. The molecule has 1 aromatic carbocycles. The number of fused-ring (bicyclic) bond motifs is 1. The van der Waals surface area contributed by atoms with E-state index in [-0.39, 0.29) is 11.8 Å². The zero-order valence-corrected chi connectivity index (χ0v) is 21.4. The van der Waals surface area contributed by atoms with Gasteiger partial charge in [-0.25, -0.2) is 4.98 Å². The molecule has 3 aromatic rings. The Balaban J connectivity index is 1.27. The first-order valence-electron chi connectivity index (χ1n) is 12.8. The van der Waals surface area contributed by atoms with Crippen LogP contribution >= 0.6 is 0 Å². The van der Waals surface area contributed by atoms with Gasteiger partial charge in [-0.15, -0.1) is 0 Å². The van der Waals surface area contributed by atoms with Crippen LogP contribution in [0.15, 0.2) is 34.7 Å². The normalized spacial score (nSPS) is 20.8. The predicted molar refractivity (Wildman–Crippen MR) is 140 cm³/mol. The van der Waals surface area contributed by atoms with Crippen LogP contribution in [0.5, 0.6) is 11.5 Å². The Labute approximate surface area is 212 Å². The predicted octanol–water partition coefficient (Wildman–Crippen LogP) is 4.46. The first-order valence-corrected chi connectivity index (χ1v) is 12.8. The van der Waals surface area contributed by atoms with Gasteiger partial charge in [0.05, 0.1) is 19.7 Å². The second-order valence-electron chi connectivity index (χ2n) is 10.3. The number of likely N-dealkylation sites (tertiary alicyclic amines) is 1. The number of benzene rings is 1. The van der Waals surface area contributed by atoms with Gasteiger partial charge >= 0.3 is 0 Å². The summed E-state index contributed by atoms with van der Waals surface area (Å²) in [7, 11) is 3.28. The fourth-order valence-corrected chi connectivity index (χ4v) is 5.51. The van der Waals surface area contributed by atoms with Crippen molar-refractivity contribution in [2.75, 3.05) is 45.7 Å². The van der Waals surface area contributed by atoms with Gasteiger partial charge in [-0.3, -0.25) is 4.79 Å². The number of aryl methyl sites for hydroxylation is 1. The maximum Gasteiger partial charge on any atom is 0.220 e. The number of aromatic nitrogens is 1. The number of nitrogens with zero attached hydrogens (tertiary/aromatic N) is 2. The molecule has 1 saturated heterocycles. The molecule has 2 fully saturated rings. The molecule has 8 heteroatoms. The molecule has 1 saturated carbocycles. The molecule has 0 bridgehead atoms. The van der Waals surface area contributed by atoms with E-state index in [0.29, 0.717) is 23.3 Å². The van der Waals surface area contributed by atoms with Gasteiger partial charge in [-0.2, -0.15) is 0 Å². The maximum absolute atomic E-state index is 11.3. The Morgan fingerprint density at radius 3 is 2.47 bits per heavy atom. The van der Waals surface area contributed by atoms with Crippen molar-refractivity contribution in [1.82, 2.24) is 9.88 Å². The van der Waals surface area contributed by atoms with Gasteiger partial charge in [0.1, 0.15) is 11.5 Å². The smallest absolute Gasteiger partial charge is 0.220 e. The van der Waals surface area contributed by atoms with Crippen LogP contribution in [0.25, 0.3) is 22.4 Å². The maximum atomic E-state index is 11.3. The lowest BCUT2D eigenvalue weighted by molar-refractivity contribution is -0.126. The lowest BCUT2D eigenvalue weighted by Gasteiger charge is -2.39. The molecular formula is C28H36N4O4. The highest BCUT2D eigenvalue weighted by Gasteiger charge is 2.34. The van der Waals surface area contributed by atoms with Gasteiger partial charge in [0.25, 0.3) is 0 Å². The highest BCUT2D eigenvalue weighted by molar-refractivity contribution is 5.95. The van der Waals surface area contributed by atoms with Crippen LogP contribution in [-0.4, -0.2) is 56.2 Å². The van der Waals surface area contributed by atoms with Crippen LogP contribution in [0, 0.1) is 24.7 Å². The molecule has 8 nitrogen and oxygen atoms in total. The monoisotopic (exact) mass is 492 g/mol. The average Bonchev–Trinajstić information content (AvgIpc) is 3.30. The minimum absolute atomic E-state index is 0.0977. The zero-order chi connectivity index (χ0) is 25.2. The van der Waals surface area contributed by atoms with Crippen molar-refractivity contribution in [2.24, 2.45) is 23.5 Å². The van der Waals surface area contributed by atoms with Crippen LogP contribution in [0.4, 0.5) is 5.69 Å². The van der Waals surface area contributed by atoms with Gasteiger partial charge in [0.2, 0.25) is 5.91 Å². The van der Waals surface area contributed by atoms with Crippen molar-refractivity contribution in [3.8, 4) is 23.0 Å². The summed E-state index contributed by atoms with van der Waals surface area (Å²) in [4.78, 5) is 18.7. The van der Waals surface area contributed by atoms with E-state index < -0.39 is 0 Å². The summed E-state index contributed by atoms with van der Waals surface area (Å²) in [6.07, 6.45) is 4.22. The Morgan fingerprint density at radius 2 is 1.83 bits per heavy atom. The van der Waals surface area contributed by atoms with Crippen molar-refractivity contribution in [1.29, 1.82) is 0 Å². The number of furan rings is 1. The number of nitrogens with one attached hydrogen (secondary N) is 1. The third kappa shape index (κ3) is 5.14. The molecule has 1 aliphatic heterocycles. The van der Waals surface area contributed by atoms with E-state index in [1.807, 2.05) is 31.2 Å². The summed E-state index contributed by atoms with van der Waals surface area (Å²) >= 11 is 0. The van der Waals surface area contributed by atoms with E-state index in [4.69, 9.17) is 24.6 Å². The van der Waals surface area contributed by atoms with Gasteiger partial charge in [0.15, 0.2) is 17.3 Å². The van der Waals surface area contributed by atoms with E-state index in [2.05, 4.69) is 16.3 Å². The van der Waals surface area contributed by atoms with Crippen molar-refractivity contribution in [3.63, 3.8) is 0 Å². The van der Waals surface area contributed by atoms with E-state index >= 15 is 0 Å². The average molecular weight is 493 g/mol. The number of methoxy groups -OCH3 is 2. The minimum atomic E-state index is -0.138. The fraction of sp³-hybridized carbons (Fsp3) is 0.500. The van der Waals surface area contributed by atoms with Gasteiger partial charge in [-0.05, 0) is 81.8 Å². The number of amides is 1. The van der Waals surface area contributed by atoms with Gasteiger partial charge < -0.3 is 29.8 Å². The summed E-state index contributed by atoms with van der Waals surface area (Å²) in [6.45, 7) is 6.12. The van der Waals surface area contributed by atoms with Gasteiger partial charge in [0, 0.05) is 36.1 Å². The molecule has 2 aliphatic rings. The first kappa shape index (κ1) is 24.4. The highest BCUT2D eigenvalue weighted by Crippen LogP contribution is 2.38. The van der Waals surface area contributed by atoms with Crippen LogP contribution in [0.2, 0.25) is 0 Å². The lowest BCUT2D eigenvalue weighted by Crippen LogP contribution is -2.44. The highest BCUT2D eigenvalue weighted by atomic mass is 16.5. The molecular weight excluding hydrogens is 456 g/mol. The molecule has 1 aliphatic carbocycles. The number of primary amides is 1. The summed E-state index contributed by atoms with van der Waals surface area (Å²) in [5, 5.41) is 4.70. The molecule has 3 heterocycles. The van der Waals surface area contributed by atoms with E-state index in [1.54, 1.807) is 14.2 Å². The second-order valence-corrected chi connectivity index (χ2v) is 10.3. The Kier molecular flexibility index (Phi) is 7.05. The third-order valence-electron chi connectivity index (χ3n) is 7.75. The summed E-state index contributed by atoms with van der Waals surface area (Å²) in [5.41, 5.74) is 8.04. The van der Waals surface area contributed by atoms with E-state index in [1.165, 1.54) is 0 Å². The van der Waals surface area contributed by atoms with E-state index in [0.717, 1.165) is 85.7 Å². The van der Waals surface area contributed by atoms with Crippen LogP contribution in [-0.2, 0) is 4.79 Å². The summed E-state index contributed by atoms with van der Waals surface area (Å²) in [5.74, 6) is 4.11. The SMILES string of the molecule is COc1cc2nc(-c3ccc(C)o3)cc(NCC3CCN(CC4CC(C(N)=O)C4)CC3)c2cc1OC. The molecule has 3 N–H and O–H groups in total. The van der Waals surface area contributed by atoms with Crippen LogP contribution in [0.1, 0.15) is 31.4 Å². The zero-order valence-electron chi connectivity index (χ0n) is 21.4. The number of anilines is 1. The van der Waals surface area contributed by atoms with E-state index in [9.17, 15) is 4.79 Å². The van der Waals surface area contributed by atoms with Crippen molar-refractivity contribution >= 4 is 22.5 Å². The number of ether oxygens (including phenoxy) is 2. The number of hydrogen-bond donors (Lipinski definition) is 2. The first-order chi connectivity index (χ1) is 17.4. The van der Waals surface area contributed by atoms with Crippen molar-refractivity contribution < 1.29 is 18.7 Å². The molecule has 36 heavy (non-hydrogen) atoms. The number of hydrogen-bond acceptors (Lipinski definition) is 7. The lowest BCUT2D eigenvalue weighted by atomic mass is 9.74. The number of nitrogens with two attached hydrogens (primary N) is 1. The topological polar surface area (TPSA) is 103 Å². The number of piperidine rings is 1. The second kappa shape index (κ2) is 10.4. The molecule has 0 atom stereocenters. The Bertz CT molecular complexity index is 1230. The van der Waals surface area contributed by atoms with Crippen LogP contribution in [0.3, 0.4) is 0 Å². The van der Waals surface area contributed by atoms with Crippen molar-refractivity contribution in [2.45, 2.75) is 32.6 Å². The van der Waals surface area contributed by atoms with Gasteiger partial charge in [-0.1, -0.05) is 0 Å². The number of carbonyl (C=O) groups excluding carboxylic acids is 1. The summed E-state index contributed by atoms with van der Waals surface area (Å²) < 4.78 is 16.9. The summed E-state index contributed by atoms with van der Waals surface area (Å²) in [6, 6.07) is 9.88. The number of carbonyl (C=O) groups is 1. The number of pyridine rings is 1. The Hall–Kier alpha value is -3.26. The standard InChI is InChI=1S/C28H36N4O4/c1-17-4-5-25(36-17)24-13-22(21-12-26(34-2)27(35-3)14-23(21)31-24)30-15-18-6-8-32(9-7-18)16-19-10-20(11-19)28(29)33/h4-5,12-14,18-20H,6-11,15-16H2,1-3H3,(H2,29,33)(H,30,31). The molecule has 0 unspecified atom stereocenters. The number of rotatable bonds is 9. The molecule has 5 rings (SSSR count). The van der Waals surface area contributed by atoms with Crippen molar-refractivity contribution in [3.05, 3.63) is 36.1 Å². The molecule has 2 aromatic heterocycles. The molecule has 0 radical (unpaired) electrons. The fourth-order valence-electron chi connectivity index (χ4n) is 5.51. The molecule has 192 valence electrons. The largest absolute Gasteiger partial charge is 0.493 e. The molecule has 1 amide bonds. The van der Waals surface area contributed by atoms with Crippen LogP contribution < -0.4 is 20.5 Å². The molecule has 0 spiro atoms.